The summed E-state index contributed by atoms with van der Waals surface area (Å²) in [7, 11) is 0. The molecule has 1 atom stereocenters. The van der Waals surface area contributed by atoms with Gasteiger partial charge in [0.25, 0.3) is 17.7 Å². The van der Waals surface area contributed by atoms with Crippen LogP contribution in [0.3, 0.4) is 0 Å². The van der Waals surface area contributed by atoms with Gasteiger partial charge in [-0.2, -0.15) is 10.2 Å². The highest BCUT2D eigenvalue weighted by Crippen LogP contribution is 2.37. The summed E-state index contributed by atoms with van der Waals surface area (Å²) in [6.07, 6.45) is 4.11. The van der Waals surface area contributed by atoms with E-state index in [0.29, 0.717) is 73.9 Å². The van der Waals surface area contributed by atoms with Gasteiger partial charge in [0.15, 0.2) is 5.82 Å². The van der Waals surface area contributed by atoms with Crippen LogP contribution in [0.4, 0.5) is 27.5 Å². The average molecular weight is 889 g/mol. The van der Waals surface area contributed by atoms with Gasteiger partial charge < -0.3 is 14.8 Å². The number of pyridine rings is 1. The van der Waals surface area contributed by atoms with E-state index < -0.39 is 35.5 Å². The van der Waals surface area contributed by atoms with Crippen molar-refractivity contribution < 1.29 is 28.4 Å². The molecule has 3 aromatic heterocycles. The summed E-state index contributed by atoms with van der Waals surface area (Å²) in [5.41, 5.74) is 7.97. The molecule has 2 N–H and O–H groups in total. The lowest BCUT2D eigenvalue weighted by Crippen LogP contribution is -2.54. The zero-order chi connectivity index (χ0) is 46.0. The third kappa shape index (κ3) is 7.76. The molecule has 0 radical (unpaired) electrons. The zero-order valence-corrected chi connectivity index (χ0v) is 36.8. The van der Waals surface area contributed by atoms with E-state index >= 15 is 4.39 Å². The first kappa shape index (κ1) is 42.4. The number of fused-ring (bicyclic) bond motifs is 4. The summed E-state index contributed by atoms with van der Waals surface area (Å²) in [6.45, 7) is 11.1. The number of hydrogen-bond donors (Lipinski definition) is 2. The second kappa shape index (κ2) is 16.8. The monoisotopic (exact) mass is 888 g/mol. The van der Waals surface area contributed by atoms with Gasteiger partial charge in [-0.15, -0.1) is 0 Å². The van der Waals surface area contributed by atoms with Gasteiger partial charge in [-0.05, 0) is 112 Å². The van der Waals surface area contributed by atoms with E-state index in [1.54, 1.807) is 24.4 Å². The zero-order valence-electron chi connectivity index (χ0n) is 36.8. The third-order valence-corrected chi connectivity index (χ3v) is 12.7. The van der Waals surface area contributed by atoms with Crippen LogP contribution in [0.5, 0.6) is 0 Å². The van der Waals surface area contributed by atoms with Crippen LogP contribution in [0.15, 0.2) is 77.2 Å². The van der Waals surface area contributed by atoms with Gasteiger partial charge in [-0.25, -0.2) is 24.3 Å². The van der Waals surface area contributed by atoms with Crippen LogP contribution < -0.4 is 10.6 Å². The number of carbonyl (C=O) groups excluding carboxylic acids is 5. The highest BCUT2D eigenvalue weighted by Gasteiger charge is 2.45. The molecule has 0 spiro atoms. The van der Waals surface area contributed by atoms with Crippen LogP contribution in [-0.4, -0.2) is 101 Å². The number of nitrogens with one attached hydrogen (secondary N) is 2. The Hall–Kier alpha value is -7.60. The first-order valence-corrected chi connectivity index (χ1v) is 22.0. The fraction of sp³-hybridized carbons (Fsp3) is 0.312. The van der Waals surface area contributed by atoms with Crippen molar-refractivity contribution >= 4 is 63.7 Å². The van der Waals surface area contributed by atoms with E-state index in [2.05, 4.69) is 59.1 Å². The minimum absolute atomic E-state index is 0.0347. The van der Waals surface area contributed by atoms with Crippen molar-refractivity contribution in [3.8, 4) is 11.3 Å². The van der Waals surface area contributed by atoms with Crippen LogP contribution in [-0.2, 0) is 29.0 Å². The molecule has 66 heavy (non-hydrogen) atoms. The highest BCUT2D eigenvalue weighted by atomic mass is 19.1. The predicted molar refractivity (Wildman–Crippen MR) is 240 cm³/mol. The first-order chi connectivity index (χ1) is 31.8. The van der Waals surface area contributed by atoms with Crippen LogP contribution in [0.25, 0.3) is 22.3 Å². The maximum absolute atomic E-state index is 15.2. The second-order valence-corrected chi connectivity index (χ2v) is 17.4. The van der Waals surface area contributed by atoms with Crippen molar-refractivity contribution in [1.82, 2.24) is 44.5 Å². The number of imidazole rings is 1. The standard InChI is InChI=1S/C48H45FN12O5/c1-25(2)60-27(4)52-42-26(3)17-32(20-39(42)60)43-35(49)23-51-48(55-43)53-40-11-5-28(22-50-40)24-58-13-15-59(16-14-58)45(64)31-9-7-29-6-8-30-18-33-34(21-37(30)57-56-36(29)19-31)47(66)61(46(33)65)38-10-12-41(62)54-44(38)63/h5,7,9,11,17-23,25,38H,6,8,10,12-16,24H2,1-4H3,(H,54,62,63)(H,50,51,53,55). The highest BCUT2D eigenvalue weighted by molar-refractivity contribution is 6.24. The smallest absolute Gasteiger partial charge is 0.262 e. The lowest BCUT2D eigenvalue weighted by atomic mass is 9.96. The Balaban J connectivity index is 0.759. The number of nitrogens with zero attached hydrogens (tertiary/aromatic N) is 10. The summed E-state index contributed by atoms with van der Waals surface area (Å²) in [5.74, 6) is -1.30. The average Bonchev–Trinajstić information content (AvgIpc) is 3.76. The molecule has 4 aliphatic heterocycles. The molecule has 3 aromatic carbocycles. The van der Waals surface area contributed by atoms with Crippen LogP contribution >= 0.6 is 0 Å². The van der Waals surface area contributed by atoms with E-state index in [1.807, 2.05) is 49.1 Å². The fourth-order valence-electron chi connectivity index (χ4n) is 9.38. The van der Waals surface area contributed by atoms with Crippen molar-refractivity contribution in [2.24, 2.45) is 10.2 Å². The summed E-state index contributed by atoms with van der Waals surface area (Å²) < 4.78 is 17.3. The van der Waals surface area contributed by atoms with E-state index in [0.717, 1.165) is 50.2 Å². The number of halogens is 1. The summed E-state index contributed by atoms with van der Waals surface area (Å²) >= 11 is 0. The molecule has 17 nitrogen and oxygen atoms in total. The minimum atomic E-state index is -1.06. The van der Waals surface area contributed by atoms with Gasteiger partial charge >= 0.3 is 0 Å². The summed E-state index contributed by atoms with van der Waals surface area (Å²) in [5, 5.41) is 14.3. The second-order valence-electron chi connectivity index (χ2n) is 17.4. The molecule has 0 saturated carbocycles. The van der Waals surface area contributed by atoms with Crippen molar-refractivity contribution in [2.75, 3.05) is 31.5 Å². The normalized spacial score (nSPS) is 17.5. The van der Waals surface area contributed by atoms with Gasteiger partial charge in [-0.1, -0.05) is 12.1 Å². The Kier molecular flexibility index (Phi) is 10.8. The molecule has 18 heteroatoms. The molecule has 0 aliphatic carbocycles. The Labute approximate surface area is 378 Å². The summed E-state index contributed by atoms with van der Waals surface area (Å²) in [6, 6.07) is 15.4. The number of imide groups is 2. The van der Waals surface area contributed by atoms with E-state index in [9.17, 15) is 24.0 Å². The largest absolute Gasteiger partial charge is 0.336 e. The lowest BCUT2D eigenvalue weighted by Gasteiger charge is -2.34. The number of anilines is 2. The Bertz CT molecular complexity index is 3070. The molecule has 6 aromatic rings. The topological polar surface area (TPSA) is 200 Å². The van der Waals surface area contributed by atoms with Gasteiger partial charge in [0, 0.05) is 62.5 Å². The fourth-order valence-corrected chi connectivity index (χ4v) is 9.38. The minimum Gasteiger partial charge on any atom is -0.336 e. The number of benzene rings is 3. The van der Waals surface area contributed by atoms with Gasteiger partial charge in [0.1, 0.15) is 23.4 Å². The molecule has 334 valence electrons. The first-order valence-electron chi connectivity index (χ1n) is 22.0. The maximum Gasteiger partial charge on any atom is 0.262 e. The van der Waals surface area contributed by atoms with Gasteiger partial charge in [0.2, 0.25) is 17.8 Å². The van der Waals surface area contributed by atoms with E-state index in [-0.39, 0.29) is 47.6 Å². The molecule has 10 rings (SSSR count). The van der Waals surface area contributed by atoms with Crippen molar-refractivity contribution in [2.45, 2.75) is 72.0 Å². The lowest BCUT2D eigenvalue weighted by molar-refractivity contribution is -0.136. The SMILES string of the molecule is Cc1cc(-c2nc(Nc3ccc(CN4CCN(C(=O)c5ccc6c(c5)N=Nc5cc7c(cc5CC6)C(=O)N(C5CCC(=O)NC5=O)C7=O)CC4)cn3)ncc2F)cc2c1nc(C)n2C(C)C. The number of piperazine rings is 1. The number of rotatable bonds is 8. The molecule has 2 saturated heterocycles. The quantitative estimate of drug-likeness (QED) is 0.152. The Morgan fingerprint density at radius 1 is 0.833 bits per heavy atom. The molecule has 7 heterocycles. The molecule has 0 bridgehead atoms. The Morgan fingerprint density at radius 2 is 1.58 bits per heavy atom. The van der Waals surface area contributed by atoms with Gasteiger partial charge in [0.05, 0.1) is 39.7 Å². The van der Waals surface area contributed by atoms with E-state index in [1.165, 1.54) is 6.07 Å². The molecule has 4 aliphatic rings. The summed E-state index contributed by atoms with van der Waals surface area (Å²) in [4.78, 5) is 87.9. The maximum atomic E-state index is 15.2. The number of carbonyl (C=O) groups is 5. The van der Waals surface area contributed by atoms with Crippen molar-refractivity contribution in [3.05, 3.63) is 118 Å². The van der Waals surface area contributed by atoms with Crippen molar-refractivity contribution in [3.63, 3.8) is 0 Å². The van der Waals surface area contributed by atoms with Gasteiger partial charge in [-0.3, -0.25) is 39.1 Å². The van der Waals surface area contributed by atoms with Crippen LogP contribution in [0.2, 0.25) is 0 Å². The molecule has 2 fully saturated rings. The number of aryl methyl sites for hydroxylation is 4. The number of piperidine rings is 1. The molecule has 1 unspecified atom stereocenters. The van der Waals surface area contributed by atoms with Crippen LogP contribution in [0, 0.1) is 19.7 Å². The van der Waals surface area contributed by atoms with Crippen molar-refractivity contribution in [1.29, 1.82) is 0 Å². The number of amides is 5. The molecular weight excluding hydrogens is 844 g/mol. The van der Waals surface area contributed by atoms with E-state index in [4.69, 9.17) is 4.98 Å². The molecule has 5 amide bonds. The number of aromatic nitrogens is 5. The number of azo groups is 1. The predicted octanol–water partition coefficient (Wildman–Crippen LogP) is 6.84. The van der Waals surface area contributed by atoms with Crippen LogP contribution in [0.1, 0.15) is 91.9 Å². The third-order valence-electron chi connectivity index (χ3n) is 12.7. The number of hydrogen-bond acceptors (Lipinski definition) is 13. The Morgan fingerprint density at radius 3 is 2.30 bits per heavy atom. The molecular formula is C48H45FN12O5.